The van der Waals surface area contributed by atoms with Gasteiger partial charge in [-0.15, -0.1) is 0 Å². The van der Waals surface area contributed by atoms with Crippen LogP contribution < -0.4 is 5.32 Å². The van der Waals surface area contributed by atoms with Gasteiger partial charge in [0, 0.05) is 24.3 Å². The van der Waals surface area contributed by atoms with Crippen molar-refractivity contribution in [3.63, 3.8) is 0 Å². The smallest absolute Gasteiger partial charge is 0.335 e. The fraction of sp³-hybridized carbons (Fsp3) is 0.176. The maximum absolute atomic E-state index is 12.3. The predicted octanol–water partition coefficient (Wildman–Crippen LogP) is 2.58. The van der Waals surface area contributed by atoms with E-state index >= 15 is 0 Å². The van der Waals surface area contributed by atoms with Crippen LogP contribution in [0, 0.1) is 0 Å². The Morgan fingerprint density at radius 2 is 1.82 bits per heavy atom. The number of hydrogen-bond donors (Lipinski definition) is 2. The zero-order valence-electron chi connectivity index (χ0n) is 12.2. The van der Waals surface area contributed by atoms with E-state index in [0.29, 0.717) is 11.3 Å². The second-order valence-corrected chi connectivity index (χ2v) is 5.50. The van der Waals surface area contributed by atoms with Gasteiger partial charge in [-0.3, -0.25) is 9.69 Å². The maximum atomic E-state index is 12.3. The lowest BCUT2D eigenvalue weighted by Gasteiger charge is -2.07. The van der Waals surface area contributed by atoms with Gasteiger partial charge < -0.3 is 10.4 Å². The molecule has 5 heteroatoms. The highest BCUT2D eigenvalue weighted by molar-refractivity contribution is 6.05. The number of hydrogen-bond acceptors (Lipinski definition) is 3. The van der Waals surface area contributed by atoms with Gasteiger partial charge in [-0.05, 0) is 48.5 Å². The third-order valence-corrected chi connectivity index (χ3v) is 3.72. The molecule has 0 fully saturated rings. The molecule has 5 nitrogen and oxygen atoms in total. The zero-order valence-corrected chi connectivity index (χ0v) is 12.2. The Hall–Kier alpha value is -2.66. The number of carbonyl (C=O) groups excluding carboxylic acids is 1. The van der Waals surface area contributed by atoms with E-state index in [1.165, 1.54) is 17.7 Å². The minimum atomic E-state index is -1.02. The van der Waals surface area contributed by atoms with E-state index in [2.05, 4.69) is 10.2 Å². The van der Waals surface area contributed by atoms with Gasteiger partial charge in [-0.25, -0.2) is 4.79 Å². The molecule has 0 spiro atoms. The van der Waals surface area contributed by atoms with Crippen molar-refractivity contribution >= 4 is 17.6 Å². The number of rotatable bonds is 3. The fourth-order valence-electron chi connectivity index (χ4n) is 2.64. The van der Waals surface area contributed by atoms with Crippen molar-refractivity contribution in [2.24, 2.45) is 0 Å². The molecule has 0 radical (unpaired) electrons. The fourth-order valence-corrected chi connectivity index (χ4v) is 2.64. The minimum Gasteiger partial charge on any atom is -0.478 e. The molecule has 2 aromatic rings. The molecule has 2 N–H and O–H groups in total. The van der Waals surface area contributed by atoms with Gasteiger partial charge >= 0.3 is 5.97 Å². The SMILES string of the molecule is CN1Cc2ccc(C(=O)Nc3cccc(C(=O)O)c3)cc2C1. The second-order valence-electron chi connectivity index (χ2n) is 5.50. The molecule has 0 aromatic heterocycles. The van der Waals surface area contributed by atoms with Gasteiger partial charge in [0.1, 0.15) is 0 Å². The summed E-state index contributed by atoms with van der Waals surface area (Å²) in [5, 5.41) is 11.7. The molecule has 112 valence electrons. The van der Waals surface area contributed by atoms with Crippen molar-refractivity contribution < 1.29 is 14.7 Å². The number of carboxylic acid groups (broad SMARTS) is 1. The molecular weight excluding hydrogens is 280 g/mol. The molecule has 0 unspecified atom stereocenters. The molecule has 2 aromatic carbocycles. The number of fused-ring (bicyclic) bond motifs is 1. The molecule has 0 atom stereocenters. The minimum absolute atomic E-state index is 0.147. The van der Waals surface area contributed by atoms with Gasteiger partial charge in [-0.2, -0.15) is 0 Å². The predicted molar refractivity (Wildman–Crippen MR) is 83.0 cm³/mol. The van der Waals surface area contributed by atoms with Crippen LogP contribution in [-0.2, 0) is 13.1 Å². The molecule has 0 bridgehead atoms. The van der Waals surface area contributed by atoms with E-state index in [4.69, 9.17) is 5.11 Å². The second kappa shape index (κ2) is 5.61. The van der Waals surface area contributed by atoms with Gasteiger partial charge in [0.15, 0.2) is 0 Å². The summed E-state index contributed by atoms with van der Waals surface area (Å²) < 4.78 is 0. The van der Waals surface area contributed by atoms with Crippen LogP contribution in [0.2, 0.25) is 0 Å². The van der Waals surface area contributed by atoms with Crippen molar-refractivity contribution in [2.45, 2.75) is 13.1 Å². The van der Waals surface area contributed by atoms with Crippen LogP contribution in [0.1, 0.15) is 31.8 Å². The summed E-state index contributed by atoms with van der Waals surface area (Å²) in [6.07, 6.45) is 0. The van der Waals surface area contributed by atoms with Crippen LogP contribution in [0.15, 0.2) is 42.5 Å². The highest BCUT2D eigenvalue weighted by Gasteiger charge is 2.17. The summed E-state index contributed by atoms with van der Waals surface area (Å²) in [7, 11) is 2.04. The first-order valence-electron chi connectivity index (χ1n) is 6.98. The number of nitrogens with zero attached hydrogens (tertiary/aromatic N) is 1. The molecule has 0 saturated carbocycles. The summed E-state index contributed by atoms with van der Waals surface area (Å²) in [6.45, 7) is 1.74. The van der Waals surface area contributed by atoms with E-state index in [-0.39, 0.29) is 11.5 Å². The number of benzene rings is 2. The quantitative estimate of drug-likeness (QED) is 0.913. The topological polar surface area (TPSA) is 69.6 Å². The lowest BCUT2D eigenvalue weighted by molar-refractivity contribution is 0.0696. The molecule has 22 heavy (non-hydrogen) atoms. The Labute approximate surface area is 128 Å². The van der Waals surface area contributed by atoms with Crippen molar-refractivity contribution in [1.29, 1.82) is 0 Å². The van der Waals surface area contributed by atoms with E-state index in [1.54, 1.807) is 18.2 Å². The van der Waals surface area contributed by atoms with E-state index in [1.807, 2.05) is 19.2 Å². The number of carboxylic acids is 1. The van der Waals surface area contributed by atoms with Gasteiger partial charge in [0.05, 0.1) is 5.56 Å². The van der Waals surface area contributed by atoms with E-state index < -0.39 is 5.97 Å². The normalized spacial score (nSPS) is 13.7. The first-order valence-corrected chi connectivity index (χ1v) is 6.98. The Morgan fingerprint density at radius 3 is 2.59 bits per heavy atom. The lowest BCUT2D eigenvalue weighted by Crippen LogP contribution is -2.13. The molecular formula is C17H16N2O3. The number of nitrogens with one attached hydrogen (secondary N) is 1. The van der Waals surface area contributed by atoms with Crippen LogP contribution in [-0.4, -0.2) is 28.9 Å². The summed E-state index contributed by atoms with van der Waals surface area (Å²) in [4.78, 5) is 25.4. The molecule has 0 aliphatic carbocycles. The molecule has 0 saturated heterocycles. The summed E-state index contributed by atoms with van der Waals surface area (Å²) >= 11 is 0. The number of aromatic carboxylic acids is 1. The largest absolute Gasteiger partial charge is 0.478 e. The van der Waals surface area contributed by atoms with Crippen molar-refractivity contribution in [2.75, 3.05) is 12.4 Å². The zero-order chi connectivity index (χ0) is 15.7. The number of carbonyl (C=O) groups is 2. The first-order chi connectivity index (χ1) is 10.5. The Bertz CT molecular complexity index is 755. The molecule has 1 aliphatic heterocycles. The molecule has 1 amide bonds. The van der Waals surface area contributed by atoms with Crippen LogP contribution in [0.4, 0.5) is 5.69 Å². The number of anilines is 1. The number of amides is 1. The third kappa shape index (κ3) is 2.84. The Balaban J connectivity index is 1.79. The Kier molecular flexibility index (Phi) is 3.65. The molecule has 1 heterocycles. The van der Waals surface area contributed by atoms with Gasteiger partial charge in [-0.1, -0.05) is 12.1 Å². The average Bonchev–Trinajstić information content (AvgIpc) is 2.86. The van der Waals surface area contributed by atoms with Crippen molar-refractivity contribution in [3.8, 4) is 0 Å². The highest BCUT2D eigenvalue weighted by Crippen LogP contribution is 2.23. The average molecular weight is 296 g/mol. The van der Waals surface area contributed by atoms with Crippen LogP contribution >= 0.6 is 0 Å². The standard InChI is InChI=1S/C17H16N2O3/c1-19-9-13-6-5-11(7-14(13)10-19)16(20)18-15-4-2-3-12(8-15)17(21)22/h2-8H,9-10H2,1H3,(H,18,20)(H,21,22). The third-order valence-electron chi connectivity index (χ3n) is 3.72. The monoisotopic (exact) mass is 296 g/mol. The summed E-state index contributed by atoms with van der Waals surface area (Å²) in [6, 6.07) is 11.9. The molecule has 1 aliphatic rings. The van der Waals surface area contributed by atoms with Gasteiger partial charge in [0.25, 0.3) is 5.91 Å². The van der Waals surface area contributed by atoms with E-state index in [9.17, 15) is 9.59 Å². The maximum Gasteiger partial charge on any atom is 0.335 e. The van der Waals surface area contributed by atoms with E-state index in [0.717, 1.165) is 18.7 Å². The van der Waals surface area contributed by atoms with Crippen molar-refractivity contribution in [3.05, 3.63) is 64.7 Å². The van der Waals surface area contributed by atoms with Crippen LogP contribution in [0.5, 0.6) is 0 Å². The van der Waals surface area contributed by atoms with Crippen molar-refractivity contribution in [1.82, 2.24) is 4.90 Å². The Morgan fingerprint density at radius 1 is 1.05 bits per heavy atom. The van der Waals surface area contributed by atoms with Gasteiger partial charge in [0.2, 0.25) is 0 Å². The highest BCUT2D eigenvalue weighted by atomic mass is 16.4. The first kappa shape index (κ1) is 14.3. The summed E-state index contributed by atoms with van der Waals surface area (Å²) in [5.41, 5.74) is 3.60. The van der Waals surface area contributed by atoms with Crippen LogP contribution in [0.3, 0.4) is 0 Å². The van der Waals surface area contributed by atoms with Crippen LogP contribution in [0.25, 0.3) is 0 Å². The lowest BCUT2D eigenvalue weighted by atomic mass is 10.1. The molecule has 3 rings (SSSR count). The summed E-state index contributed by atoms with van der Waals surface area (Å²) in [5.74, 6) is -1.25.